The van der Waals surface area contributed by atoms with Gasteiger partial charge < -0.3 is 10.6 Å². The number of amides is 2. The topological polar surface area (TPSA) is 114 Å². The molecule has 8 heteroatoms. The number of benzene rings is 1. The Morgan fingerprint density at radius 2 is 1.96 bits per heavy atom. The molecule has 0 aliphatic heterocycles. The van der Waals surface area contributed by atoms with E-state index >= 15 is 0 Å². The van der Waals surface area contributed by atoms with Crippen molar-refractivity contribution in [1.82, 2.24) is 10.3 Å². The smallest absolute Gasteiger partial charge is 0.273 e. The number of nitro benzene ring substituents is 1. The zero-order chi connectivity index (χ0) is 17.7. The third kappa shape index (κ3) is 4.13. The van der Waals surface area contributed by atoms with E-state index in [0.29, 0.717) is 11.4 Å². The lowest BCUT2D eigenvalue weighted by Gasteiger charge is -2.08. The van der Waals surface area contributed by atoms with E-state index in [-0.39, 0.29) is 17.8 Å². The van der Waals surface area contributed by atoms with Crippen molar-refractivity contribution in [1.29, 1.82) is 0 Å². The fourth-order valence-electron chi connectivity index (χ4n) is 2.00. The minimum atomic E-state index is -0.564. The first kappa shape index (κ1) is 17.1. The zero-order valence-corrected chi connectivity index (χ0v) is 13.2. The highest BCUT2D eigenvalue weighted by atomic mass is 16.6. The van der Waals surface area contributed by atoms with Crippen LogP contribution >= 0.6 is 0 Å². The molecule has 1 heterocycles. The zero-order valence-electron chi connectivity index (χ0n) is 13.2. The molecule has 2 amide bonds. The largest absolute Gasteiger partial charge is 0.343 e. The molecule has 2 rings (SSSR count). The van der Waals surface area contributed by atoms with Crippen LogP contribution in [0.3, 0.4) is 0 Å². The van der Waals surface area contributed by atoms with E-state index in [1.165, 1.54) is 18.2 Å². The first-order chi connectivity index (χ1) is 11.4. The average Bonchev–Trinajstić information content (AvgIpc) is 2.55. The first-order valence-corrected chi connectivity index (χ1v) is 7.13. The van der Waals surface area contributed by atoms with Crippen molar-refractivity contribution in [3.63, 3.8) is 0 Å². The van der Waals surface area contributed by atoms with Gasteiger partial charge in [0.1, 0.15) is 5.82 Å². The van der Waals surface area contributed by atoms with E-state index in [4.69, 9.17) is 0 Å². The number of nitro groups is 1. The van der Waals surface area contributed by atoms with Crippen LogP contribution in [0.2, 0.25) is 0 Å². The minimum Gasteiger partial charge on any atom is -0.343 e. The highest BCUT2D eigenvalue weighted by molar-refractivity contribution is 5.99. The molecule has 0 fully saturated rings. The number of hydrogen-bond donors (Lipinski definition) is 2. The first-order valence-electron chi connectivity index (χ1n) is 7.13. The molecule has 0 unspecified atom stereocenters. The van der Waals surface area contributed by atoms with E-state index in [9.17, 15) is 19.7 Å². The lowest BCUT2D eigenvalue weighted by Crippen LogP contribution is -2.33. The van der Waals surface area contributed by atoms with Crippen LogP contribution in [0.25, 0.3) is 0 Å². The predicted octanol–water partition coefficient (Wildman–Crippen LogP) is 1.98. The summed E-state index contributed by atoms with van der Waals surface area (Å²) < 4.78 is 0. The van der Waals surface area contributed by atoms with E-state index < -0.39 is 16.7 Å². The number of pyridine rings is 1. The second kappa shape index (κ2) is 7.32. The number of anilines is 1. The Bertz CT molecular complexity index is 804. The molecular weight excluding hydrogens is 312 g/mol. The van der Waals surface area contributed by atoms with Gasteiger partial charge in [-0.15, -0.1) is 0 Å². The van der Waals surface area contributed by atoms with Gasteiger partial charge in [0.2, 0.25) is 5.91 Å². The molecule has 2 aromatic rings. The van der Waals surface area contributed by atoms with Gasteiger partial charge in [0.15, 0.2) is 0 Å². The number of hydrogen-bond acceptors (Lipinski definition) is 5. The van der Waals surface area contributed by atoms with Crippen molar-refractivity contribution in [3.05, 3.63) is 63.3 Å². The Morgan fingerprint density at radius 3 is 2.62 bits per heavy atom. The van der Waals surface area contributed by atoms with Gasteiger partial charge in [-0.1, -0.05) is 12.1 Å². The van der Waals surface area contributed by atoms with Gasteiger partial charge in [0, 0.05) is 23.4 Å². The highest BCUT2D eigenvalue weighted by Gasteiger charge is 2.15. The standard InChI is InChI=1S/C16H16N4O4/c1-10-5-6-12(8-13(10)20(23)24)16(22)18-9-14(21)19-15-11(2)4-3-7-17-15/h3-8H,9H2,1-2H3,(H,18,22)(H,17,19,21). The van der Waals surface area contributed by atoms with Crippen LogP contribution in [0.4, 0.5) is 11.5 Å². The molecule has 0 saturated heterocycles. The molecule has 0 radical (unpaired) electrons. The monoisotopic (exact) mass is 328 g/mol. The Balaban J connectivity index is 1.98. The molecule has 0 saturated carbocycles. The van der Waals surface area contributed by atoms with Crippen LogP contribution < -0.4 is 10.6 Å². The van der Waals surface area contributed by atoms with Crippen LogP contribution in [0, 0.1) is 24.0 Å². The van der Waals surface area contributed by atoms with Gasteiger partial charge in [0.05, 0.1) is 11.5 Å². The molecule has 2 N–H and O–H groups in total. The van der Waals surface area contributed by atoms with Crippen molar-refractivity contribution in [2.45, 2.75) is 13.8 Å². The Kier molecular flexibility index (Phi) is 5.20. The van der Waals surface area contributed by atoms with Crippen molar-refractivity contribution in [3.8, 4) is 0 Å². The normalized spacial score (nSPS) is 10.1. The highest BCUT2D eigenvalue weighted by Crippen LogP contribution is 2.19. The third-order valence-electron chi connectivity index (χ3n) is 3.34. The summed E-state index contributed by atoms with van der Waals surface area (Å²) in [5.74, 6) is -0.583. The summed E-state index contributed by atoms with van der Waals surface area (Å²) in [6.45, 7) is 3.12. The molecule has 124 valence electrons. The maximum atomic E-state index is 12.0. The SMILES string of the molecule is Cc1ccc(C(=O)NCC(=O)Nc2ncccc2C)cc1[N+](=O)[O-]. The number of nitrogens with one attached hydrogen (secondary N) is 2. The third-order valence-corrected chi connectivity index (χ3v) is 3.34. The minimum absolute atomic E-state index is 0.120. The Hall–Kier alpha value is -3.29. The fourth-order valence-corrected chi connectivity index (χ4v) is 2.00. The van der Waals surface area contributed by atoms with Crippen molar-refractivity contribution >= 4 is 23.3 Å². The van der Waals surface area contributed by atoms with Gasteiger partial charge in [-0.2, -0.15) is 0 Å². The van der Waals surface area contributed by atoms with Gasteiger partial charge >= 0.3 is 0 Å². The fraction of sp³-hybridized carbons (Fsp3) is 0.188. The second-order valence-corrected chi connectivity index (χ2v) is 5.16. The van der Waals surface area contributed by atoms with E-state index in [2.05, 4.69) is 15.6 Å². The number of aromatic nitrogens is 1. The molecule has 24 heavy (non-hydrogen) atoms. The summed E-state index contributed by atoms with van der Waals surface area (Å²) in [6, 6.07) is 7.69. The molecule has 1 aromatic carbocycles. The molecule has 8 nitrogen and oxygen atoms in total. The van der Waals surface area contributed by atoms with Crippen molar-refractivity contribution in [2.24, 2.45) is 0 Å². The molecule has 0 atom stereocenters. The van der Waals surface area contributed by atoms with Crippen LogP contribution in [0.1, 0.15) is 21.5 Å². The summed E-state index contributed by atoms with van der Waals surface area (Å²) in [5, 5.41) is 15.9. The van der Waals surface area contributed by atoms with E-state index in [1.54, 1.807) is 32.2 Å². The van der Waals surface area contributed by atoms with E-state index in [1.807, 2.05) is 0 Å². The van der Waals surface area contributed by atoms with Gasteiger partial charge in [-0.05, 0) is 31.5 Å². The molecule has 0 bridgehead atoms. The Morgan fingerprint density at radius 1 is 1.21 bits per heavy atom. The van der Waals surface area contributed by atoms with Crippen LogP contribution in [0.5, 0.6) is 0 Å². The maximum absolute atomic E-state index is 12.0. The predicted molar refractivity (Wildman–Crippen MR) is 87.8 cm³/mol. The molecule has 0 spiro atoms. The summed E-state index contributed by atoms with van der Waals surface area (Å²) in [6.07, 6.45) is 1.55. The van der Waals surface area contributed by atoms with Gasteiger partial charge in [-0.3, -0.25) is 19.7 Å². The quantitative estimate of drug-likeness (QED) is 0.643. The molecule has 0 aliphatic rings. The van der Waals surface area contributed by atoms with Crippen molar-refractivity contribution < 1.29 is 14.5 Å². The van der Waals surface area contributed by atoms with Gasteiger partial charge in [0.25, 0.3) is 11.6 Å². The van der Waals surface area contributed by atoms with Gasteiger partial charge in [-0.25, -0.2) is 4.98 Å². The summed E-state index contributed by atoms with van der Waals surface area (Å²) in [4.78, 5) is 38.3. The number of aryl methyl sites for hydroxylation is 2. The summed E-state index contributed by atoms with van der Waals surface area (Å²) in [7, 11) is 0. The Labute approximate surface area is 138 Å². The summed E-state index contributed by atoms with van der Waals surface area (Å²) >= 11 is 0. The molecule has 0 aliphatic carbocycles. The van der Waals surface area contributed by atoms with Crippen molar-refractivity contribution in [2.75, 3.05) is 11.9 Å². The maximum Gasteiger partial charge on any atom is 0.273 e. The molecule has 1 aromatic heterocycles. The summed E-state index contributed by atoms with van der Waals surface area (Å²) in [5.41, 5.74) is 1.23. The number of nitrogens with zero attached hydrogens (tertiary/aromatic N) is 2. The second-order valence-electron chi connectivity index (χ2n) is 5.16. The van der Waals surface area contributed by atoms with E-state index in [0.717, 1.165) is 5.56 Å². The molecular formula is C16H16N4O4. The number of rotatable bonds is 5. The average molecular weight is 328 g/mol. The number of carbonyl (C=O) groups is 2. The van der Waals surface area contributed by atoms with Crippen LogP contribution in [-0.2, 0) is 4.79 Å². The number of carbonyl (C=O) groups excluding carboxylic acids is 2. The lowest BCUT2D eigenvalue weighted by atomic mass is 10.1. The van der Waals surface area contributed by atoms with Crippen LogP contribution in [-0.4, -0.2) is 28.3 Å². The lowest BCUT2D eigenvalue weighted by molar-refractivity contribution is -0.385. The van der Waals surface area contributed by atoms with Crippen LogP contribution in [0.15, 0.2) is 36.5 Å².